The summed E-state index contributed by atoms with van der Waals surface area (Å²) in [5.74, 6) is 0.0565. The maximum atomic E-state index is 12.2. The highest BCUT2D eigenvalue weighted by Crippen LogP contribution is 2.24. The molecule has 0 unspecified atom stereocenters. The SMILES string of the molecule is CNC(=O)c1ccc(Cl)c(NC(=O)/C=C/c2cc(C)ccc2OC)c1. The van der Waals surface area contributed by atoms with Gasteiger partial charge in [0.25, 0.3) is 5.91 Å². The number of nitrogens with one attached hydrogen (secondary N) is 2. The van der Waals surface area contributed by atoms with Crippen molar-refractivity contribution in [2.45, 2.75) is 6.92 Å². The van der Waals surface area contributed by atoms with Gasteiger partial charge in [0.2, 0.25) is 5.91 Å². The van der Waals surface area contributed by atoms with Crippen molar-refractivity contribution in [2.24, 2.45) is 0 Å². The first-order valence-electron chi connectivity index (χ1n) is 7.60. The number of carbonyl (C=O) groups excluding carboxylic acids is 2. The molecule has 0 bridgehead atoms. The number of hydrogen-bond acceptors (Lipinski definition) is 3. The maximum absolute atomic E-state index is 12.2. The minimum Gasteiger partial charge on any atom is -0.496 e. The molecule has 2 rings (SSSR count). The van der Waals surface area contributed by atoms with Crippen LogP contribution in [0.3, 0.4) is 0 Å². The van der Waals surface area contributed by atoms with Crippen molar-refractivity contribution < 1.29 is 14.3 Å². The van der Waals surface area contributed by atoms with E-state index in [0.29, 0.717) is 22.0 Å². The van der Waals surface area contributed by atoms with E-state index in [0.717, 1.165) is 11.1 Å². The molecule has 5 nitrogen and oxygen atoms in total. The number of carbonyl (C=O) groups is 2. The van der Waals surface area contributed by atoms with Gasteiger partial charge in [-0.2, -0.15) is 0 Å². The van der Waals surface area contributed by atoms with Gasteiger partial charge in [-0.1, -0.05) is 23.2 Å². The first-order valence-corrected chi connectivity index (χ1v) is 7.97. The summed E-state index contributed by atoms with van der Waals surface area (Å²) in [6.07, 6.45) is 3.05. The van der Waals surface area contributed by atoms with Gasteiger partial charge in [-0.25, -0.2) is 0 Å². The third kappa shape index (κ3) is 4.84. The van der Waals surface area contributed by atoms with Gasteiger partial charge in [0, 0.05) is 24.3 Å². The van der Waals surface area contributed by atoms with Crippen molar-refractivity contribution in [3.8, 4) is 5.75 Å². The topological polar surface area (TPSA) is 67.4 Å². The quantitative estimate of drug-likeness (QED) is 0.801. The van der Waals surface area contributed by atoms with Gasteiger partial charge in [0.05, 0.1) is 17.8 Å². The molecule has 130 valence electrons. The summed E-state index contributed by atoms with van der Waals surface area (Å²) >= 11 is 6.08. The number of amides is 2. The number of hydrogen-bond donors (Lipinski definition) is 2. The van der Waals surface area contributed by atoms with E-state index in [2.05, 4.69) is 10.6 Å². The highest BCUT2D eigenvalue weighted by atomic mass is 35.5. The summed E-state index contributed by atoms with van der Waals surface area (Å²) in [5, 5.41) is 5.55. The number of ether oxygens (including phenoxy) is 1. The van der Waals surface area contributed by atoms with Crippen LogP contribution in [-0.2, 0) is 4.79 Å². The van der Waals surface area contributed by atoms with Crippen molar-refractivity contribution in [1.29, 1.82) is 0 Å². The first-order chi connectivity index (χ1) is 11.9. The van der Waals surface area contributed by atoms with Gasteiger partial charge in [0.15, 0.2) is 0 Å². The molecule has 2 amide bonds. The standard InChI is InChI=1S/C19H19ClN2O3/c1-12-4-8-17(25-3)13(10-12)6-9-18(23)22-16-11-14(19(24)21-2)5-7-15(16)20/h4-11H,1-3H3,(H,21,24)(H,22,23)/b9-6+. The maximum Gasteiger partial charge on any atom is 0.251 e. The number of benzene rings is 2. The Labute approximate surface area is 151 Å². The van der Waals surface area contributed by atoms with Crippen molar-refractivity contribution in [3.63, 3.8) is 0 Å². The molecule has 0 aromatic heterocycles. The monoisotopic (exact) mass is 358 g/mol. The summed E-state index contributed by atoms with van der Waals surface area (Å²) in [6, 6.07) is 10.4. The van der Waals surface area contributed by atoms with Crippen LogP contribution in [0.5, 0.6) is 5.75 Å². The Morgan fingerprint density at radius 3 is 2.60 bits per heavy atom. The molecule has 0 heterocycles. The third-order valence-electron chi connectivity index (χ3n) is 3.51. The van der Waals surface area contributed by atoms with E-state index >= 15 is 0 Å². The van der Waals surface area contributed by atoms with Crippen LogP contribution < -0.4 is 15.4 Å². The van der Waals surface area contributed by atoms with Crippen LogP contribution in [0.2, 0.25) is 5.02 Å². The van der Waals surface area contributed by atoms with Crippen LogP contribution in [0.1, 0.15) is 21.5 Å². The lowest BCUT2D eigenvalue weighted by Crippen LogP contribution is -2.18. The Hall–Kier alpha value is -2.79. The summed E-state index contributed by atoms with van der Waals surface area (Å²) in [7, 11) is 3.11. The van der Waals surface area contributed by atoms with Crippen molar-refractivity contribution in [3.05, 3.63) is 64.2 Å². The smallest absolute Gasteiger partial charge is 0.251 e. The van der Waals surface area contributed by atoms with Gasteiger partial charge in [-0.3, -0.25) is 9.59 Å². The molecule has 0 aliphatic heterocycles. The molecule has 0 radical (unpaired) electrons. The number of rotatable bonds is 5. The Bertz CT molecular complexity index is 831. The van der Waals surface area contributed by atoms with Crippen LogP contribution >= 0.6 is 11.6 Å². The summed E-state index contributed by atoms with van der Waals surface area (Å²) < 4.78 is 5.28. The Balaban J connectivity index is 2.18. The molecule has 2 aromatic carbocycles. The zero-order valence-electron chi connectivity index (χ0n) is 14.2. The second kappa shape index (κ2) is 8.35. The molecule has 2 aromatic rings. The summed E-state index contributed by atoms with van der Waals surface area (Å²) in [5.41, 5.74) is 2.63. The fourth-order valence-corrected chi connectivity index (χ4v) is 2.40. The zero-order chi connectivity index (χ0) is 18.4. The molecule has 0 aliphatic rings. The van der Waals surface area contributed by atoms with Gasteiger partial charge in [-0.05, 0) is 43.3 Å². The van der Waals surface area contributed by atoms with Gasteiger partial charge in [-0.15, -0.1) is 0 Å². The van der Waals surface area contributed by atoms with Crippen LogP contribution in [0.25, 0.3) is 6.08 Å². The van der Waals surface area contributed by atoms with Crippen LogP contribution in [0.4, 0.5) is 5.69 Å². The van der Waals surface area contributed by atoms with E-state index in [1.165, 1.54) is 19.2 Å². The average Bonchev–Trinajstić information content (AvgIpc) is 2.61. The fraction of sp³-hybridized carbons (Fsp3) is 0.158. The Morgan fingerprint density at radius 1 is 1.16 bits per heavy atom. The van der Waals surface area contributed by atoms with E-state index in [9.17, 15) is 9.59 Å². The van der Waals surface area contributed by atoms with E-state index in [1.54, 1.807) is 25.3 Å². The van der Waals surface area contributed by atoms with Gasteiger partial charge in [0.1, 0.15) is 5.75 Å². The molecule has 0 fully saturated rings. The van der Waals surface area contributed by atoms with Crippen LogP contribution in [0, 0.1) is 6.92 Å². The number of halogens is 1. The second-order valence-electron chi connectivity index (χ2n) is 5.34. The number of aryl methyl sites for hydroxylation is 1. The molecule has 0 spiro atoms. The minimum absolute atomic E-state index is 0.257. The van der Waals surface area contributed by atoms with Crippen molar-refractivity contribution in [1.82, 2.24) is 5.32 Å². The average molecular weight is 359 g/mol. The zero-order valence-corrected chi connectivity index (χ0v) is 15.0. The largest absolute Gasteiger partial charge is 0.496 e. The Morgan fingerprint density at radius 2 is 1.92 bits per heavy atom. The van der Waals surface area contributed by atoms with Crippen molar-refractivity contribution in [2.75, 3.05) is 19.5 Å². The van der Waals surface area contributed by atoms with E-state index in [1.807, 2.05) is 25.1 Å². The molecular weight excluding hydrogens is 340 g/mol. The molecular formula is C19H19ClN2O3. The predicted octanol–water partition coefficient (Wildman–Crippen LogP) is 3.67. The molecule has 25 heavy (non-hydrogen) atoms. The van der Waals surface area contributed by atoms with Gasteiger partial charge >= 0.3 is 0 Å². The number of anilines is 1. The highest BCUT2D eigenvalue weighted by Gasteiger charge is 2.09. The normalized spacial score (nSPS) is 10.6. The second-order valence-corrected chi connectivity index (χ2v) is 5.75. The lowest BCUT2D eigenvalue weighted by atomic mass is 10.1. The molecule has 0 saturated heterocycles. The van der Waals surface area contributed by atoms with E-state index < -0.39 is 0 Å². The summed E-state index contributed by atoms with van der Waals surface area (Å²) in [4.78, 5) is 23.9. The van der Waals surface area contributed by atoms with Crippen molar-refractivity contribution >= 4 is 35.2 Å². The first kappa shape index (κ1) is 18.5. The van der Waals surface area contributed by atoms with Gasteiger partial charge < -0.3 is 15.4 Å². The van der Waals surface area contributed by atoms with E-state index in [4.69, 9.17) is 16.3 Å². The molecule has 6 heteroatoms. The fourth-order valence-electron chi connectivity index (χ4n) is 2.23. The molecule has 2 N–H and O–H groups in total. The molecule has 0 aliphatic carbocycles. The molecule has 0 saturated carbocycles. The molecule has 0 atom stereocenters. The Kier molecular flexibility index (Phi) is 6.19. The predicted molar refractivity (Wildman–Crippen MR) is 100 cm³/mol. The number of methoxy groups -OCH3 is 1. The highest BCUT2D eigenvalue weighted by molar-refractivity contribution is 6.34. The van der Waals surface area contributed by atoms with Crippen LogP contribution in [-0.4, -0.2) is 26.0 Å². The summed E-state index contributed by atoms with van der Waals surface area (Å²) in [6.45, 7) is 1.96. The third-order valence-corrected chi connectivity index (χ3v) is 3.84. The van der Waals surface area contributed by atoms with Crippen LogP contribution in [0.15, 0.2) is 42.5 Å². The lowest BCUT2D eigenvalue weighted by Gasteiger charge is -2.08. The lowest BCUT2D eigenvalue weighted by molar-refractivity contribution is -0.111. The van der Waals surface area contributed by atoms with E-state index in [-0.39, 0.29) is 11.8 Å². The minimum atomic E-state index is -0.362.